The highest BCUT2D eigenvalue weighted by Crippen LogP contribution is 2.46. The number of sulfonamides is 1. The second kappa shape index (κ2) is 12.1. The molecule has 1 saturated carbocycles. The molecule has 0 aromatic heterocycles. The summed E-state index contributed by atoms with van der Waals surface area (Å²) in [5.74, 6) is 0.301. The van der Waals surface area contributed by atoms with Gasteiger partial charge in [0, 0.05) is 29.1 Å². The number of allylic oxidation sites excluding steroid dienone is 1. The summed E-state index contributed by atoms with van der Waals surface area (Å²) in [7, 11) is -4.08. The first-order valence-electron chi connectivity index (χ1n) is 15.4. The number of carbonyl (C=O) groups excluding carboxylic acids is 1. The quantitative estimate of drug-likeness (QED) is 0.411. The number of anilines is 1. The van der Waals surface area contributed by atoms with E-state index in [9.17, 15) is 23.4 Å². The number of nitrogens with zero attached hydrogens (tertiary/aromatic N) is 1. The van der Waals surface area contributed by atoms with Crippen molar-refractivity contribution in [2.45, 2.75) is 81.2 Å². The summed E-state index contributed by atoms with van der Waals surface area (Å²) < 4.78 is 35.5. The third-order valence-electron chi connectivity index (χ3n) is 9.94. The summed E-state index contributed by atoms with van der Waals surface area (Å²) in [5.41, 5.74) is 3.18. The van der Waals surface area contributed by atoms with E-state index in [1.807, 2.05) is 12.1 Å². The predicted octanol–water partition coefficient (Wildman–Crippen LogP) is 4.75. The summed E-state index contributed by atoms with van der Waals surface area (Å²) in [5, 5.41) is 20.9. The van der Waals surface area contributed by atoms with E-state index in [0.717, 1.165) is 42.8 Å². The molecular weight excluding hydrogens is 588 g/mol. The van der Waals surface area contributed by atoms with Crippen molar-refractivity contribution in [3.63, 3.8) is 0 Å². The average Bonchev–Trinajstić information content (AvgIpc) is 3.08. The Morgan fingerprint density at radius 3 is 2.79 bits per heavy atom. The average molecular weight is 629 g/mol. The van der Waals surface area contributed by atoms with E-state index in [2.05, 4.69) is 21.8 Å². The molecule has 232 valence electrons. The number of benzene rings is 2. The maximum Gasteiger partial charge on any atom is 0.264 e. The van der Waals surface area contributed by atoms with Crippen molar-refractivity contribution in [3.8, 4) is 5.75 Å². The van der Waals surface area contributed by atoms with Gasteiger partial charge < -0.3 is 19.8 Å². The van der Waals surface area contributed by atoms with E-state index in [4.69, 9.17) is 16.3 Å². The molecule has 10 heteroatoms. The van der Waals surface area contributed by atoms with Crippen LogP contribution in [0.15, 0.2) is 48.6 Å². The van der Waals surface area contributed by atoms with Crippen molar-refractivity contribution in [1.29, 1.82) is 0 Å². The second-order valence-corrected chi connectivity index (χ2v) is 15.4. The highest BCUT2D eigenvalue weighted by Gasteiger charge is 2.44. The molecule has 3 N–H and O–H groups in total. The maximum atomic E-state index is 13.4. The van der Waals surface area contributed by atoms with Gasteiger partial charge in [-0.25, -0.2) is 13.1 Å². The lowest BCUT2D eigenvalue weighted by Gasteiger charge is -2.45. The fourth-order valence-electron chi connectivity index (χ4n) is 7.52. The molecule has 6 rings (SSSR count). The first-order valence-corrected chi connectivity index (χ1v) is 17.4. The Labute approximate surface area is 259 Å². The van der Waals surface area contributed by atoms with Gasteiger partial charge in [0.15, 0.2) is 0 Å². The highest BCUT2D eigenvalue weighted by molar-refractivity contribution is 7.90. The normalized spacial score (nSPS) is 31.8. The molecule has 4 aliphatic rings. The molecule has 2 heterocycles. The van der Waals surface area contributed by atoms with Crippen LogP contribution in [0.5, 0.6) is 5.75 Å². The molecule has 8 nitrogen and oxygen atoms in total. The van der Waals surface area contributed by atoms with E-state index in [1.54, 1.807) is 31.2 Å². The zero-order valence-corrected chi connectivity index (χ0v) is 26.1. The Balaban J connectivity index is 1.41. The minimum Gasteiger partial charge on any atom is -0.490 e. The van der Waals surface area contributed by atoms with Gasteiger partial charge >= 0.3 is 0 Å². The fraction of sp³-hybridized carbons (Fsp3) is 0.545. The zero-order chi connectivity index (χ0) is 30.4. The topological polar surface area (TPSA) is 116 Å². The van der Waals surface area contributed by atoms with Crippen molar-refractivity contribution in [3.05, 3.63) is 70.3 Å². The van der Waals surface area contributed by atoms with E-state index in [0.29, 0.717) is 31.9 Å². The van der Waals surface area contributed by atoms with Gasteiger partial charge in [0.1, 0.15) is 5.75 Å². The van der Waals surface area contributed by atoms with E-state index < -0.39 is 33.4 Å². The number of hydrogen-bond acceptors (Lipinski definition) is 7. The van der Waals surface area contributed by atoms with Crippen LogP contribution in [0.4, 0.5) is 5.69 Å². The molecule has 6 atom stereocenters. The molecule has 2 aliphatic heterocycles. The SMILES string of the molecule is C[C@H](O)C[C@H]1CC/C=C/[C@H](O)[C@@H]2CC[C@H]2CN2C[C@@]3(CCCc4cc(Cl)ccc43)COc3ccc(cc32)C(=O)NS1(=O)=O. The number of aliphatic hydroxyl groups is 2. The fourth-order valence-corrected chi connectivity index (χ4v) is 9.24. The molecule has 43 heavy (non-hydrogen) atoms. The van der Waals surface area contributed by atoms with Gasteiger partial charge in [-0.3, -0.25) is 4.79 Å². The molecule has 2 aliphatic carbocycles. The number of hydrogen-bond donors (Lipinski definition) is 3. The van der Waals surface area contributed by atoms with Crippen molar-refractivity contribution in [1.82, 2.24) is 4.72 Å². The van der Waals surface area contributed by atoms with Crippen LogP contribution in [0.1, 0.15) is 73.4 Å². The lowest BCUT2D eigenvalue weighted by atomic mass is 9.68. The van der Waals surface area contributed by atoms with Crippen LogP contribution < -0.4 is 14.4 Å². The highest BCUT2D eigenvalue weighted by atomic mass is 35.5. The van der Waals surface area contributed by atoms with Gasteiger partial charge in [0.25, 0.3) is 5.91 Å². The first kappa shape index (κ1) is 30.4. The van der Waals surface area contributed by atoms with Crippen LogP contribution in [0.2, 0.25) is 5.02 Å². The maximum absolute atomic E-state index is 13.4. The summed E-state index contributed by atoms with van der Waals surface area (Å²) >= 11 is 6.38. The monoisotopic (exact) mass is 628 g/mol. The van der Waals surface area contributed by atoms with E-state index in [1.165, 1.54) is 11.1 Å². The Morgan fingerprint density at radius 2 is 2.02 bits per heavy atom. The van der Waals surface area contributed by atoms with Gasteiger partial charge in [0.2, 0.25) is 10.0 Å². The Morgan fingerprint density at radius 1 is 1.19 bits per heavy atom. The Kier molecular flexibility index (Phi) is 8.54. The summed E-state index contributed by atoms with van der Waals surface area (Å²) in [6, 6.07) is 11.2. The zero-order valence-electron chi connectivity index (χ0n) is 24.5. The Bertz CT molecular complexity index is 1510. The lowest BCUT2D eigenvalue weighted by molar-refractivity contribution is 0.0456. The largest absolute Gasteiger partial charge is 0.490 e. The molecule has 1 spiro atoms. The van der Waals surface area contributed by atoms with Gasteiger partial charge in [-0.15, -0.1) is 0 Å². The van der Waals surface area contributed by atoms with Crippen molar-refractivity contribution < 1.29 is 28.2 Å². The number of nitrogens with one attached hydrogen (secondary N) is 1. The molecular formula is C33H41ClN2O6S. The number of ether oxygens (including phenoxy) is 1. The molecule has 2 aromatic rings. The predicted molar refractivity (Wildman–Crippen MR) is 167 cm³/mol. The van der Waals surface area contributed by atoms with Crippen molar-refractivity contribution in [2.24, 2.45) is 11.8 Å². The van der Waals surface area contributed by atoms with Gasteiger partial charge in [-0.2, -0.15) is 0 Å². The molecule has 1 fully saturated rings. The van der Waals surface area contributed by atoms with Crippen LogP contribution in [-0.2, 0) is 21.9 Å². The number of aryl methyl sites for hydroxylation is 1. The molecule has 0 radical (unpaired) electrons. The number of rotatable bonds is 2. The van der Waals surface area contributed by atoms with E-state index >= 15 is 0 Å². The van der Waals surface area contributed by atoms with Crippen LogP contribution in [0.25, 0.3) is 0 Å². The third kappa shape index (κ3) is 6.19. The second-order valence-electron chi connectivity index (χ2n) is 13.0. The molecule has 2 bridgehead atoms. The molecule has 2 aromatic carbocycles. The smallest absolute Gasteiger partial charge is 0.264 e. The minimum absolute atomic E-state index is 0.00425. The number of halogens is 1. The molecule has 0 saturated heterocycles. The number of amides is 1. The van der Waals surface area contributed by atoms with Crippen LogP contribution in [0, 0.1) is 11.8 Å². The van der Waals surface area contributed by atoms with Crippen molar-refractivity contribution >= 4 is 33.2 Å². The first-order chi connectivity index (χ1) is 20.5. The lowest BCUT2D eigenvalue weighted by Crippen LogP contribution is -2.49. The number of aliphatic hydroxyl groups excluding tert-OH is 2. The number of carbonyl (C=O) groups is 1. The molecule has 0 unspecified atom stereocenters. The standard InChI is InChI=1S/C33H41ClN2O6S/c1-21(37)15-26-6-2-3-7-30(38)27-11-8-24(27)18-36-19-33(14-4-5-22-16-25(34)10-12-28(22)33)20-42-31-13-9-23(17-29(31)36)32(39)35-43(26,40)41/h3,7,9-10,12-13,16-17,21,24,26-27,30,37-38H,2,4-6,8,11,14-15,18-20H2,1H3,(H,35,39)/b7-3+/t21-,24-,26+,27+,30-,33-/m0/s1. The van der Waals surface area contributed by atoms with Gasteiger partial charge in [-0.1, -0.05) is 29.8 Å². The summed E-state index contributed by atoms with van der Waals surface area (Å²) in [6.07, 6.45) is 7.62. The van der Waals surface area contributed by atoms with Crippen LogP contribution >= 0.6 is 11.6 Å². The van der Waals surface area contributed by atoms with E-state index in [-0.39, 0.29) is 35.7 Å². The summed E-state index contributed by atoms with van der Waals surface area (Å²) in [6.45, 7) is 3.38. The Hall–Kier alpha value is -2.59. The van der Waals surface area contributed by atoms with Gasteiger partial charge in [0.05, 0.1) is 29.8 Å². The summed E-state index contributed by atoms with van der Waals surface area (Å²) in [4.78, 5) is 15.7. The van der Waals surface area contributed by atoms with Crippen LogP contribution in [0.3, 0.4) is 0 Å². The molecule has 1 amide bonds. The van der Waals surface area contributed by atoms with Crippen LogP contribution in [-0.4, -0.2) is 61.7 Å². The van der Waals surface area contributed by atoms with Gasteiger partial charge in [-0.05, 0) is 112 Å². The van der Waals surface area contributed by atoms with Crippen molar-refractivity contribution in [2.75, 3.05) is 24.6 Å². The minimum atomic E-state index is -4.08. The number of fused-ring (bicyclic) bond motifs is 4. The third-order valence-corrected chi connectivity index (χ3v) is 11.9.